The van der Waals surface area contributed by atoms with Crippen LogP contribution in [0.2, 0.25) is 0 Å². The minimum Gasteiger partial charge on any atom is -0.303 e. The van der Waals surface area contributed by atoms with Gasteiger partial charge in [0, 0.05) is 11.5 Å². The van der Waals surface area contributed by atoms with Gasteiger partial charge in [0.2, 0.25) is 0 Å². The smallest absolute Gasteiger partial charge is 0.128 e. The molecule has 2 nitrogen and oxygen atoms in total. The number of carbonyl (C=O) groups excluding carboxylic acids is 1. The van der Waals surface area contributed by atoms with Crippen LogP contribution in [-0.2, 0) is 4.79 Å². The monoisotopic (exact) mass is 177 g/mol. The zero-order chi connectivity index (χ0) is 9.84. The zero-order valence-corrected chi connectivity index (χ0v) is 7.12. The Morgan fingerprint density at radius 1 is 1.62 bits per heavy atom. The summed E-state index contributed by atoms with van der Waals surface area (Å²) in [5.41, 5.74) is 0.402. The van der Waals surface area contributed by atoms with Gasteiger partial charge in [-0.15, -0.1) is 0 Å². The minimum absolute atomic E-state index is 0.181. The molecule has 0 saturated carbocycles. The fourth-order valence-corrected chi connectivity index (χ4v) is 1.17. The Morgan fingerprint density at radius 2 is 2.31 bits per heavy atom. The summed E-state index contributed by atoms with van der Waals surface area (Å²) in [5.74, 6) is -1.07. The maximum absolute atomic E-state index is 13.2. The van der Waals surface area contributed by atoms with Gasteiger partial charge in [-0.05, 0) is 12.1 Å². The van der Waals surface area contributed by atoms with Crippen molar-refractivity contribution >= 4 is 6.29 Å². The summed E-state index contributed by atoms with van der Waals surface area (Å²) in [6.07, 6.45) is 0.624. The Hall–Kier alpha value is -1.69. The molecule has 0 amide bonds. The molecule has 3 heteroatoms. The molecular weight excluding hydrogens is 169 g/mol. The molecule has 0 fully saturated rings. The molecule has 0 aromatic heterocycles. The van der Waals surface area contributed by atoms with Gasteiger partial charge in [-0.2, -0.15) is 5.26 Å². The van der Waals surface area contributed by atoms with E-state index in [0.29, 0.717) is 6.29 Å². The van der Waals surface area contributed by atoms with Crippen LogP contribution in [0.3, 0.4) is 0 Å². The number of halogens is 1. The average molecular weight is 177 g/mol. The van der Waals surface area contributed by atoms with E-state index in [1.165, 1.54) is 18.2 Å². The van der Waals surface area contributed by atoms with E-state index in [2.05, 4.69) is 0 Å². The number of nitriles is 1. The Kier molecular flexibility index (Phi) is 2.76. The normalized spacial score (nSPS) is 11.8. The van der Waals surface area contributed by atoms with Gasteiger partial charge >= 0.3 is 0 Å². The molecule has 1 unspecified atom stereocenters. The number of hydrogen-bond donors (Lipinski definition) is 0. The molecular formula is C10H8FNO. The summed E-state index contributed by atoms with van der Waals surface area (Å²) in [6, 6.07) is 6.05. The van der Waals surface area contributed by atoms with Crippen LogP contribution in [0.1, 0.15) is 24.0 Å². The number of aldehydes is 1. The summed E-state index contributed by atoms with van der Waals surface area (Å²) < 4.78 is 13.2. The molecule has 1 aromatic rings. The van der Waals surface area contributed by atoms with Crippen molar-refractivity contribution in [2.45, 2.75) is 12.8 Å². The summed E-state index contributed by atoms with van der Waals surface area (Å²) in [7, 11) is 0. The van der Waals surface area contributed by atoms with Crippen LogP contribution in [0.25, 0.3) is 0 Å². The molecule has 1 aromatic carbocycles. The quantitative estimate of drug-likeness (QED) is 0.648. The predicted octanol–water partition coefficient (Wildman–Crippen LogP) is 2.00. The molecule has 0 radical (unpaired) electrons. The van der Waals surface area contributed by atoms with Crippen LogP contribution in [0.15, 0.2) is 18.2 Å². The molecule has 0 spiro atoms. The molecule has 0 aliphatic rings. The maximum atomic E-state index is 13.2. The van der Waals surface area contributed by atoms with Crippen LogP contribution < -0.4 is 0 Å². The third-order valence-corrected chi connectivity index (χ3v) is 1.83. The zero-order valence-electron chi connectivity index (χ0n) is 7.12. The number of rotatable bonds is 2. The van der Waals surface area contributed by atoms with Crippen molar-refractivity contribution in [3.63, 3.8) is 0 Å². The van der Waals surface area contributed by atoms with Crippen molar-refractivity contribution in [2.24, 2.45) is 0 Å². The van der Waals surface area contributed by atoms with Gasteiger partial charge in [-0.25, -0.2) is 4.39 Å². The Labute approximate surface area is 75.6 Å². The first kappa shape index (κ1) is 9.40. The molecule has 0 aliphatic carbocycles. The second-order valence-electron chi connectivity index (χ2n) is 2.74. The number of hydrogen-bond acceptors (Lipinski definition) is 2. The molecule has 0 saturated heterocycles. The first-order chi connectivity index (χ1) is 6.20. The summed E-state index contributed by atoms with van der Waals surface area (Å²) in [4.78, 5) is 10.4. The highest BCUT2D eigenvalue weighted by molar-refractivity contribution is 5.64. The van der Waals surface area contributed by atoms with E-state index in [1.54, 1.807) is 6.92 Å². The molecule has 66 valence electrons. The number of carbonyl (C=O) groups is 1. The number of benzene rings is 1. The lowest BCUT2D eigenvalue weighted by Gasteiger charge is -2.06. The average Bonchev–Trinajstić information content (AvgIpc) is 2.16. The van der Waals surface area contributed by atoms with Crippen LogP contribution in [0.4, 0.5) is 4.39 Å². The van der Waals surface area contributed by atoms with Crippen LogP contribution in [-0.4, -0.2) is 6.29 Å². The van der Waals surface area contributed by atoms with Crippen LogP contribution in [0, 0.1) is 17.1 Å². The first-order valence-electron chi connectivity index (χ1n) is 3.84. The van der Waals surface area contributed by atoms with Gasteiger partial charge < -0.3 is 4.79 Å². The second-order valence-corrected chi connectivity index (χ2v) is 2.74. The lowest BCUT2D eigenvalue weighted by Crippen LogP contribution is -2.01. The lowest BCUT2D eigenvalue weighted by atomic mass is 9.97. The van der Waals surface area contributed by atoms with E-state index in [1.807, 2.05) is 6.07 Å². The third kappa shape index (κ3) is 1.73. The molecule has 0 N–H and O–H groups in total. The van der Waals surface area contributed by atoms with Gasteiger partial charge in [0.05, 0.1) is 11.6 Å². The van der Waals surface area contributed by atoms with Crippen LogP contribution >= 0.6 is 0 Å². The topological polar surface area (TPSA) is 40.9 Å². The minimum atomic E-state index is -0.573. The van der Waals surface area contributed by atoms with Gasteiger partial charge in [0.1, 0.15) is 12.1 Å². The third-order valence-electron chi connectivity index (χ3n) is 1.83. The van der Waals surface area contributed by atoms with E-state index in [-0.39, 0.29) is 11.1 Å². The van der Waals surface area contributed by atoms with Crippen LogP contribution in [0.5, 0.6) is 0 Å². The SMILES string of the molecule is CC(C=O)c1c(F)cccc1C#N. The number of nitrogens with zero attached hydrogens (tertiary/aromatic N) is 1. The fraction of sp³-hybridized carbons (Fsp3) is 0.200. The van der Waals surface area contributed by atoms with Gasteiger partial charge in [0.25, 0.3) is 0 Å². The van der Waals surface area contributed by atoms with E-state index >= 15 is 0 Å². The Bertz CT molecular complexity index is 368. The van der Waals surface area contributed by atoms with Crippen molar-refractivity contribution in [1.82, 2.24) is 0 Å². The highest BCUT2D eigenvalue weighted by atomic mass is 19.1. The van der Waals surface area contributed by atoms with E-state index < -0.39 is 11.7 Å². The highest BCUT2D eigenvalue weighted by Crippen LogP contribution is 2.20. The van der Waals surface area contributed by atoms with E-state index in [0.717, 1.165) is 0 Å². The van der Waals surface area contributed by atoms with E-state index in [9.17, 15) is 9.18 Å². The highest BCUT2D eigenvalue weighted by Gasteiger charge is 2.14. The molecule has 1 atom stereocenters. The maximum Gasteiger partial charge on any atom is 0.128 e. The summed E-state index contributed by atoms with van der Waals surface area (Å²) in [5, 5.41) is 8.65. The van der Waals surface area contributed by atoms with E-state index in [4.69, 9.17) is 5.26 Å². The fourth-order valence-electron chi connectivity index (χ4n) is 1.17. The molecule has 0 heterocycles. The largest absolute Gasteiger partial charge is 0.303 e. The molecule has 0 aliphatic heterocycles. The first-order valence-corrected chi connectivity index (χ1v) is 3.84. The predicted molar refractivity (Wildman–Crippen MR) is 45.6 cm³/mol. The Balaban J connectivity index is 3.32. The van der Waals surface area contributed by atoms with Crippen molar-refractivity contribution in [2.75, 3.05) is 0 Å². The molecule has 1 rings (SSSR count). The second kappa shape index (κ2) is 3.81. The van der Waals surface area contributed by atoms with Gasteiger partial charge in [-0.3, -0.25) is 0 Å². The van der Waals surface area contributed by atoms with Crippen molar-refractivity contribution in [1.29, 1.82) is 5.26 Å². The van der Waals surface area contributed by atoms with Crippen molar-refractivity contribution in [3.05, 3.63) is 35.1 Å². The lowest BCUT2D eigenvalue weighted by molar-refractivity contribution is -0.108. The van der Waals surface area contributed by atoms with Gasteiger partial charge in [0.15, 0.2) is 0 Å². The summed E-state index contributed by atoms with van der Waals surface area (Å²) in [6.45, 7) is 1.56. The van der Waals surface area contributed by atoms with Crippen molar-refractivity contribution in [3.8, 4) is 6.07 Å². The van der Waals surface area contributed by atoms with Crippen molar-refractivity contribution < 1.29 is 9.18 Å². The molecule has 0 bridgehead atoms. The standard InChI is InChI=1S/C10H8FNO/c1-7(6-13)10-8(5-12)3-2-4-9(10)11/h2-4,6-7H,1H3. The Morgan fingerprint density at radius 3 is 2.85 bits per heavy atom. The summed E-state index contributed by atoms with van der Waals surface area (Å²) >= 11 is 0. The van der Waals surface area contributed by atoms with Gasteiger partial charge in [-0.1, -0.05) is 13.0 Å². The molecule has 13 heavy (non-hydrogen) atoms.